The van der Waals surface area contributed by atoms with Crippen molar-refractivity contribution in [2.24, 2.45) is 0 Å². The minimum Gasteiger partial charge on any atom is -0.466 e. The molecular formula is C15H17N3O4S. The first-order valence-electron chi connectivity index (χ1n) is 7.05. The number of nitrogens with zero attached hydrogens (tertiary/aromatic N) is 2. The van der Waals surface area contributed by atoms with Crippen molar-refractivity contribution in [3.63, 3.8) is 0 Å². The second kappa shape index (κ2) is 7.68. The van der Waals surface area contributed by atoms with Crippen molar-refractivity contribution >= 4 is 28.3 Å². The van der Waals surface area contributed by atoms with Crippen molar-refractivity contribution in [1.82, 2.24) is 9.55 Å². The fourth-order valence-corrected chi connectivity index (χ4v) is 2.62. The first-order valence-corrected chi connectivity index (χ1v) is 7.93. The molecule has 2 aromatic rings. The van der Waals surface area contributed by atoms with E-state index in [2.05, 4.69) is 10.3 Å². The molecule has 0 bridgehead atoms. The summed E-state index contributed by atoms with van der Waals surface area (Å²) in [6.07, 6.45) is 1.69. The SMILES string of the molecule is CCOC(=O)Cc1csc(NC(=O)Cn2cc(C)ccc2=O)n1. The predicted molar refractivity (Wildman–Crippen MR) is 86.5 cm³/mol. The Morgan fingerprint density at radius 2 is 2.17 bits per heavy atom. The maximum atomic E-state index is 12.0. The zero-order chi connectivity index (χ0) is 16.8. The number of esters is 1. The van der Waals surface area contributed by atoms with Gasteiger partial charge >= 0.3 is 5.97 Å². The Labute approximate surface area is 136 Å². The first kappa shape index (κ1) is 16.9. The van der Waals surface area contributed by atoms with E-state index >= 15 is 0 Å². The van der Waals surface area contributed by atoms with Gasteiger partial charge in [0, 0.05) is 17.6 Å². The van der Waals surface area contributed by atoms with Gasteiger partial charge in [0.1, 0.15) is 6.54 Å². The number of aromatic nitrogens is 2. The van der Waals surface area contributed by atoms with Gasteiger partial charge in [-0.25, -0.2) is 4.98 Å². The van der Waals surface area contributed by atoms with Gasteiger partial charge in [-0.1, -0.05) is 6.07 Å². The molecule has 0 radical (unpaired) electrons. The number of hydrogen-bond acceptors (Lipinski definition) is 6. The summed E-state index contributed by atoms with van der Waals surface area (Å²) in [5.74, 6) is -0.711. The van der Waals surface area contributed by atoms with E-state index in [1.54, 1.807) is 24.6 Å². The third-order valence-corrected chi connectivity index (χ3v) is 3.68. The average Bonchev–Trinajstić information content (AvgIpc) is 2.90. The smallest absolute Gasteiger partial charge is 0.311 e. The summed E-state index contributed by atoms with van der Waals surface area (Å²) in [6.45, 7) is 3.80. The van der Waals surface area contributed by atoms with Crippen LogP contribution in [0.2, 0.25) is 0 Å². The second-order valence-corrected chi connectivity index (χ2v) is 5.70. The Morgan fingerprint density at radius 1 is 1.39 bits per heavy atom. The molecule has 0 saturated heterocycles. The van der Waals surface area contributed by atoms with Gasteiger partial charge in [0.25, 0.3) is 5.56 Å². The number of aryl methyl sites for hydroxylation is 1. The van der Waals surface area contributed by atoms with Crippen LogP contribution in [0.1, 0.15) is 18.2 Å². The third-order valence-electron chi connectivity index (χ3n) is 2.87. The molecule has 2 aromatic heterocycles. The highest BCUT2D eigenvalue weighted by molar-refractivity contribution is 7.13. The minimum atomic E-state index is -0.359. The molecule has 0 fully saturated rings. The molecule has 2 rings (SSSR count). The standard InChI is InChI=1S/C15H17N3O4S/c1-3-22-14(21)6-11-9-23-15(16-11)17-12(19)8-18-7-10(2)4-5-13(18)20/h4-5,7,9H,3,6,8H2,1-2H3,(H,16,17,19). The molecule has 7 nitrogen and oxygen atoms in total. The Bertz CT molecular complexity index is 766. The van der Waals surface area contributed by atoms with Crippen LogP contribution in [0.3, 0.4) is 0 Å². The number of nitrogens with one attached hydrogen (secondary N) is 1. The molecule has 8 heteroatoms. The summed E-state index contributed by atoms with van der Waals surface area (Å²) in [5, 5.41) is 4.69. The minimum absolute atomic E-state index is 0.0670. The van der Waals surface area contributed by atoms with E-state index in [1.807, 2.05) is 6.92 Å². The van der Waals surface area contributed by atoms with Crippen LogP contribution in [0, 0.1) is 6.92 Å². The molecule has 2 heterocycles. The van der Waals surface area contributed by atoms with E-state index in [0.717, 1.165) is 5.56 Å². The van der Waals surface area contributed by atoms with Crippen LogP contribution >= 0.6 is 11.3 Å². The Kier molecular flexibility index (Phi) is 5.64. The lowest BCUT2D eigenvalue weighted by atomic mass is 10.3. The maximum absolute atomic E-state index is 12.0. The zero-order valence-electron chi connectivity index (χ0n) is 12.9. The van der Waals surface area contributed by atoms with Crippen LogP contribution in [0.5, 0.6) is 0 Å². The monoisotopic (exact) mass is 335 g/mol. The van der Waals surface area contributed by atoms with Crippen molar-refractivity contribution in [2.45, 2.75) is 26.8 Å². The van der Waals surface area contributed by atoms with Crippen molar-refractivity contribution in [1.29, 1.82) is 0 Å². The van der Waals surface area contributed by atoms with Crippen LogP contribution in [-0.4, -0.2) is 28.0 Å². The summed E-state index contributed by atoms with van der Waals surface area (Å²) in [5.41, 5.74) is 1.19. The summed E-state index contributed by atoms with van der Waals surface area (Å²) in [6, 6.07) is 3.11. The molecule has 1 amide bonds. The number of rotatable bonds is 6. The van der Waals surface area contributed by atoms with E-state index in [1.165, 1.54) is 22.0 Å². The van der Waals surface area contributed by atoms with E-state index in [-0.39, 0.29) is 30.4 Å². The molecule has 23 heavy (non-hydrogen) atoms. The lowest BCUT2D eigenvalue weighted by Gasteiger charge is -2.06. The number of amides is 1. The van der Waals surface area contributed by atoms with Crippen molar-refractivity contribution in [2.75, 3.05) is 11.9 Å². The number of carbonyl (C=O) groups excluding carboxylic acids is 2. The fraction of sp³-hybridized carbons (Fsp3) is 0.333. The molecule has 122 valence electrons. The quantitative estimate of drug-likeness (QED) is 0.805. The Morgan fingerprint density at radius 3 is 2.91 bits per heavy atom. The lowest BCUT2D eigenvalue weighted by molar-refractivity contribution is -0.142. The molecule has 0 saturated carbocycles. The van der Waals surface area contributed by atoms with Gasteiger partial charge in [-0.2, -0.15) is 0 Å². The van der Waals surface area contributed by atoms with Gasteiger partial charge in [-0.15, -0.1) is 11.3 Å². The van der Waals surface area contributed by atoms with E-state index in [4.69, 9.17) is 4.74 Å². The summed E-state index contributed by atoms with van der Waals surface area (Å²) in [4.78, 5) is 39.2. The van der Waals surface area contributed by atoms with Gasteiger partial charge in [0.05, 0.1) is 18.7 Å². The third kappa shape index (κ3) is 5.03. The van der Waals surface area contributed by atoms with Gasteiger partial charge < -0.3 is 14.6 Å². The number of ether oxygens (including phenoxy) is 1. The predicted octanol–water partition coefficient (Wildman–Crippen LogP) is 1.36. The van der Waals surface area contributed by atoms with E-state index < -0.39 is 0 Å². The van der Waals surface area contributed by atoms with Crippen LogP contribution in [0.4, 0.5) is 5.13 Å². The summed E-state index contributed by atoms with van der Waals surface area (Å²) in [7, 11) is 0. The molecular weight excluding hydrogens is 318 g/mol. The van der Waals surface area contributed by atoms with E-state index in [9.17, 15) is 14.4 Å². The molecule has 0 aliphatic rings. The van der Waals surface area contributed by atoms with Crippen LogP contribution in [0.25, 0.3) is 0 Å². The highest BCUT2D eigenvalue weighted by Gasteiger charge is 2.11. The van der Waals surface area contributed by atoms with Crippen LogP contribution in [0.15, 0.2) is 28.5 Å². The molecule has 0 unspecified atom stereocenters. The normalized spacial score (nSPS) is 10.3. The van der Waals surface area contributed by atoms with Gasteiger partial charge in [0.15, 0.2) is 5.13 Å². The topological polar surface area (TPSA) is 90.3 Å². The highest BCUT2D eigenvalue weighted by Crippen LogP contribution is 2.16. The second-order valence-electron chi connectivity index (χ2n) is 4.85. The number of carbonyl (C=O) groups is 2. The molecule has 0 atom stereocenters. The van der Waals surface area contributed by atoms with Crippen LogP contribution < -0.4 is 10.9 Å². The lowest BCUT2D eigenvalue weighted by Crippen LogP contribution is -2.26. The number of hydrogen-bond donors (Lipinski definition) is 1. The van der Waals surface area contributed by atoms with Gasteiger partial charge in [-0.3, -0.25) is 14.4 Å². The Hall–Kier alpha value is -2.48. The van der Waals surface area contributed by atoms with Crippen LogP contribution in [-0.2, 0) is 27.3 Å². The molecule has 0 spiro atoms. The maximum Gasteiger partial charge on any atom is 0.311 e. The highest BCUT2D eigenvalue weighted by atomic mass is 32.1. The molecule has 0 aromatic carbocycles. The summed E-state index contributed by atoms with van der Waals surface area (Å²) >= 11 is 1.22. The largest absolute Gasteiger partial charge is 0.466 e. The zero-order valence-corrected chi connectivity index (χ0v) is 13.7. The molecule has 0 aliphatic heterocycles. The fourth-order valence-electron chi connectivity index (χ4n) is 1.89. The van der Waals surface area contributed by atoms with Gasteiger partial charge in [0.2, 0.25) is 5.91 Å². The Balaban J connectivity index is 1.95. The number of thiazole rings is 1. The molecule has 1 N–H and O–H groups in total. The molecule has 0 aliphatic carbocycles. The van der Waals surface area contributed by atoms with Gasteiger partial charge in [-0.05, 0) is 19.4 Å². The average molecular weight is 335 g/mol. The van der Waals surface area contributed by atoms with E-state index in [0.29, 0.717) is 17.4 Å². The first-order chi connectivity index (χ1) is 11.0. The van der Waals surface area contributed by atoms with Crippen molar-refractivity contribution < 1.29 is 14.3 Å². The number of pyridine rings is 1. The number of anilines is 1. The summed E-state index contributed by atoms with van der Waals surface area (Å²) < 4.78 is 6.17. The van der Waals surface area contributed by atoms with Crippen molar-refractivity contribution in [3.8, 4) is 0 Å². The van der Waals surface area contributed by atoms with Crippen molar-refractivity contribution in [3.05, 3.63) is 45.3 Å².